The number of rotatable bonds is 4. The zero-order chi connectivity index (χ0) is 9.52. The molecule has 1 heterocycles. The van der Waals surface area contributed by atoms with E-state index in [2.05, 4.69) is 0 Å². The first kappa shape index (κ1) is 10.4. The van der Waals surface area contributed by atoms with Gasteiger partial charge in [0, 0.05) is 19.6 Å². The Kier molecular flexibility index (Phi) is 4.74. The Balaban J connectivity index is 2.13. The summed E-state index contributed by atoms with van der Waals surface area (Å²) < 4.78 is 10.2. The predicted molar refractivity (Wildman–Crippen MR) is 47.3 cm³/mol. The summed E-state index contributed by atoms with van der Waals surface area (Å²) in [6, 6.07) is 0. The maximum atomic E-state index is 11.4. The van der Waals surface area contributed by atoms with E-state index in [1.807, 2.05) is 0 Å². The average Bonchev–Trinajstić information content (AvgIpc) is 2.19. The zero-order valence-electron chi connectivity index (χ0n) is 7.70. The van der Waals surface area contributed by atoms with Crippen LogP contribution in [0.15, 0.2) is 0 Å². The maximum absolute atomic E-state index is 11.4. The van der Waals surface area contributed by atoms with Crippen LogP contribution in [0.25, 0.3) is 0 Å². The monoisotopic (exact) mass is 188 g/mol. The molecule has 0 radical (unpaired) electrons. The summed E-state index contributed by atoms with van der Waals surface area (Å²) in [7, 11) is 0. The highest BCUT2D eigenvalue weighted by atomic mass is 16.5. The standard InChI is InChI=1S/C8H16N2O3/c9-1-4-13-7-8(11)10-2-5-12-6-3-10/h1-7,9H2. The molecule has 13 heavy (non-hydrogen) atoms. The quantitative estimate of drug-likeness (QED) is 0.564. The highest BCUT2D eigenvalue weighted by Crippen LogP contribution is 1.97. The largest absolute Gasteiger partial charge is 0.378 e. The fourth-order valence-electron chi connectivity index (χ4n) is 1.15. The third kappa shape index (κ3) is 3.71. The van der Waals surface area contributed by atoms with Crippen molar-refractivity contribution >= 4 is 5.91 Å². The van der Waals surface area contributed by atoms with Crippen molar-refractivity contribution in [2.45, 2.75) is 0 Å². The minimum atomic E-state index is 0.0248. The van der Waals surface area contributed by atoms with Gasteiger partial charge in [-0.3, -0.25) is 4.79 Å². The minimum Gasteiger partial charge on any atom is -0.378 e. The van der Waals surface area contributed by atoms with Crippen molar-refractivity contribution < 1.29 is 14.3 Å². The highest BCUT2D eigenvalue weighted by Gasteiger charge is 2.16. The van der Waals surface area contributed by atoms with Gasteiger partial charge in [0.25, 0.3) is 0 Å². The van der Waals surface area contributed by atoms with E-state index < -0.39 is 0 Å². The van der Waals surface area contributed by atoms with Crippen LogP contribution in [-0.4, -0.2) is 56.9 Å². The third-order valence-corrected chi connectivity index (χ3v) is 1.85. The molecular weight excluding hydrogens is 172 g/mol. The Morgan fingerprint density at radius 2 is 2.15 bits per heavy atom. The van der Waals surface area contributed by atoms with Crippen molar-refractivity contribution in [2.75, 3.05) is 46.1 Å². The van der Waals surface area contributed by atoms with E-state index in [-0.39, 0.29) is 12.5 Å². The lowest BCUT2D eigenvalue weighted by Crippen LogP contribution is -2.42. The van der Waals surface area contributed by atoms with E-state index in [9.17, 15) is 4.79 Å². The SMILES string of the molecule is NCCOCC(=O)N1CCOCC1. The van der Waals surface area contributed by atoms with Gasteiger partial charge in [0.15, 0.2) is 0 Å². The number of morpholine rings is 1. The molecule has 1 saturated heterocycles. The van der Waals surface area contributed by atoms with Crippen LogP contribution in [0.3, 0.4) is 0 Å². The number of carbonyl (C=O) groups is 1. The first-order valence-electron chi connectivity index (χ1n) is 4.48. The Morgan fingerprint density at radius 3 is 2.77 bits per heavy atom. The van der Waals surface area contributed by atoms with E-state index in [0.29, 0.717) is 39.5 Å². The van der Waals surface area contributed by atoms with Crippen LogP contribution in [0, 0.1) is 0 Å². The van der Waals surface area contributed by atoms with Gasteiger partial charge in [-0.2, -0.15) is 0 Å². The summed E-state index contributed by atoms with van der Waals surface area (Å²) in [6.07, 6.45) is 0. The van der Waals surface area contributed by atoms with Crippen LogP contribution in [0.2, 0.25) is 0 Å². The van der Waals surface area contributed by atoms with Crippen molar-refractivity contribution in [1.29, 1.82) is 0 Å². The van der Waals surface area contributed by atoms with Gasteiger partial charge in [-0.1, -0.05) is 0 Å². The molecule has 5 heteroatoms. The Hall–Kier alpha value is -0.650. The molecule has 0 spiro atoms. The topological polar surface area (TPSA) is 64.8 Å². The molecule has 0 saturated carbocycles. The lowest BCUT2D eigenvalue weighted by atomic mass is 10.4. The van der Waals surface area contributed by atoms with Crippen LogP contribution in [0.4, 0.5) is 0 Å². The number of hydrogen-bond donors (Lipinski definition) is 1. The van der Waals surface area contributed by atoms with E-state index in [4.69, 9.17) is 15.2 Å². The summed E-state index contributed by atoms with van der Waals surface area (Å²) in [5.41, 5.74) is 5.22. The molecule has 1 aliphatic heterocycles. The van der Waals surface area contributed by atoms with Gasteiger partial charge < -0.3 is 20.1 Å². The fraction of sp³-hybridized carbons (Fsp3) is 0.875. The van der Waals surface area contributed by atoms with Crippen molar-refractivity contribution in [1.82, 2.24) is 4.90 Å². The lowest BCUT2D eigenvalue weighted by Gasteiger charge is -2.26. The molecule has 0 unspecified atom stereocenters. The Bertz CT molecular complexity index is 157. The van der Waals surface area contributed by atoms with Gasteiger partial charge in [-0.15, -0.1) is 0 Å². The molecule has 1 aliphatic rings. The zero-order valence-corrected chi connectivity index (χ0v) is 7.70. The van der Waals surface area contributed by atoms with Crippen LogP contribution in [0.5, 0.6) is 0 Å². The van der Waals surface area contributed by atoms with Crippen LogP contribution in [-0.2, 0) is 14.3 Å². The summed E-state index contributed by atoms with van der Waals surface area (Å²) in [6.45, 7) is 3.63. The summed E-state index contributed by atoms with van der Waals surface area (Å²) in [5, 5.41) is 0. The molecule has 0 aromatic carbocycles. The van der Waals surface area contributed by atoms with Crippen molar-refractivity contribution in [3.05, 3.63) is 0 Å². The van der Waals surface area contributed by atoms with Crippen molar-refractivity contribution in [3.8, 4) is 0 Å². The number of nitrogens with zero attached hydrogens (tertiary/aromatic N) is 1. The fourth-order valence-corrected chi connectivity index (χ4v) is 1.15. The molecule has 0 bridgehead atoms. The predicted octanol–water partition coefficient (Wildman–Crippen LogP) is -1.18. The summed E-state index contributed by atoms with van der Waals surface area (Å²) in [5.74, 6) is 0.0248. The number of hydrogen-bond acceptors (Lipinski definition) is 4. The van der Waals surface area contributed by atoms with Crippen molar-refractivity contribution in [3.63, 3.8) is 0 Å². The van der Waals surface area contributed by atoms with Gasteiger partial charge in [0.1, 0.15) is 6.61 Å². The molecular formula is C8H16N2O3. The van der Waals surface area contributed by atoms with Crippen LogP contribution in [0.1, 0.15) is 0 Å². The number of ether oxygens (including phenoxy) is 2. The molecule has 2 N–H and O–H groups in total. The Labute approximate surface area is 77.8 Å². The van der Waals surface area contributed by atoms with Gasteiger partial charge in [0.05, 0.1) is 19.8 Å². The average molecular weight is 188 g/mol. The van der Waals surface area contributed by atoms with E-state index >= 15 is 0 Å². The van der Waals surface area contributed by atoms with E-state index in [1.165, 1.54) is 0 Å². The normalized spacial score (nSPS) is 17.5. The summed E-state index contributed by atoms with van der Waals surface area (Å²) in [4.78, 5) is 13.1. The molecule has 1 fully saturated rings. The smallest absolute Gasteiger partial charge is 0.248 e. The molecule has 0 aliphatic carbocycles. The molecule has 1 rings (SSSR count). The summed E-state index contributed by atoms with van der Waals surface area (Å²) >= 11 is 0. The van der Waals surface area contributed by atoms with Crippen LogP contribution >= 0.6 is 0 Å². The number of nitrogens with two attached hydrogens (primary N) is 1. The number of carbonyl (C=O) groups excluding carboxylic acids is 1. The second kappa shape index (κ2) is 5.90. The molecule has 0 aromatic rings. The highest BCUT2D eigenvalue weighted by molar-refractivity contribution is 5.77. The second-order valence-electron chi connectivity index (χ2n) is 2.83. The van der Waals surface area contributed by atoms with Crippen LogP contribution < -0.4 is 5.73 Å². The Morgan fingerprint density at radius 1 is 1.46 bits per heavy atom. The van der Waals surface area contributed by atoms with Gasteiger partial charge in [-0.05, 0) is 0 Å². The third-order valence-electron chi connectivity index (χ3n) is 1.85. The van der Waals surface area contributed by atoms with Gasteiger partial charge in [-0.25, -0.2) is 0 Å². The van der Waals surface area contributed by atoms with Crippen molar-refractivity contribution in [2.24, 2.45) is 5.73 Å². The molecule has 76 valence electrons. The molecule has 0 atom stereocenters. The van der Waals surface area contributed by atoms with E-state index in [1.54, 1.807) is 4.90 Å². The first-order valence-corrected chi connectivity index (χ1v) is 4.48. The first-order chi connectivity index (χ1) is 6.34. The minimum absolute atomic E-state index is 0.0248. The molecule has 5 nitrogen and oxygen atoms in total. The van der Waals surface area contributed by atoms with E-state index in [0.717, 1.165) is 0 Å². The van der Waals surface area contributed by atoms with Gasteiger partial charge >= 0.3 is 0 Å². The molecule has 1 amide bonds. The second-order valence-corrected chi connectivity index (χ2v) is 2.83. The van der Waals surface area contributed by atoms with Gasteiger partial charge in [0.2, 0.25) is 5.91 Å². The number of amides is 1. The maximum Gasteiger partial charge on any atom is 0.248 e. The molecule has 0 aromatic heterocycles. The lowest BCUT2D eigenvalue weighted by molar-refractivity contribution is -0.140.